The average Bonchev–Trinajstić information content (AvgIpc) is 3.23. The van der Waals surface area contributed by atoms with Crippen LogP contribution >= 0.6 is 0 Å². The number of hydrogen-bond donors (Lipinski definition) is 1. The number of benzene rings is 1. The second-order valence-corrected chi connectivity index (χ2v) is 6.92. The fraction of sp³-hybridized carbons (Fsp3) is 0.350. The average molecular weight is 366 g/mol. The molecular formula is C20H23FN6. The van der Waals surface area contributed by atoms with Gasteiger partial charge in [0, 0.05) is 61.9 Å². The molecule has 0 amide bonds. The molecule has 1 N–H and O–H groups in total. The number of aryl methyl sites for hydroxylation is 1. The molecule has 1 aromatic carbocycles. The van der Waals surface area contributed by atoms with Gasteiger partial charge in [0.25, 0.3) is 0 Å². The summed E-state index contributed by atoms with van der Waals surface area (Å²) in [4.78, 5) is 13.9. The van der Waals surface area contributed by atoms with Crippen LogP contribution in [0, 0.1) is 12.7 Å². The Bertz CT molecular complexity index is 903. The first-order chi connectivity index (χ1) is 13.1. The Morgan fingerprint density at radius 3 is 2.59 bits per heavy atom. The number of rotatable bonds is 4. The van der Waals surface area contributed by atoms with Gasteiger partial charge in [0.2, 0.25) is 0 Å². The van der Waals surface area contributed by atoms with Crippen LogP contribution in [0.15, 0.2) is 43.0 Å². The molecule has 0 saturated carbocycles. The number of H-pyrrole nitrogens is 1. The van der Waals surface area contributed by atoms with Gasteiger partial charge in [-0.05, 0) is 37.6 Å². The summed E-state index contributed by atoms with van der Waals surface area (Å²) in [5, 5.41) is 6.94. The van der Waals surface area contributed by atoms with Gasteiger partial charge >= 0.3 is 0 Å². The fourth-order valence-corrected chi connectivity index (χ4v) is 3.67. The van der Waals surface area contributed by atoms with E-state index in [-0.39, 0.29) is 5.82 Å². The Labute approximate surface area is 158 Å². The van der Waals surface area contributed by atoms with Gasteiger partial charge in [-0.1, -0.05) is 0 Å². The summed E-state index contributed by atoms with van der Waals surface area (Å²) in [5.41, 5.74) is 3.80. The van der Waals surface area contributed by atoms with Crippen molar-refractivity contribution in [3.8, 4) is 11.3 Å². The second-order valence-electron chi connectivity index (χ2n) is 6.92. The maximum atomic E-state index is 13.5. The Kier molecular flexibility index (Phi) is 4.85. The van der Waals surface area contributed by atoms with Crippen LogP contribution < -0.4 is 4.90 Å². The molecular weight excluding hydrogens is 343 g/mol. The van der Waals surface area contributed by atoms with Crippen LogP contribution in [0.1, 0.15) is 24.1 Å². The quantitative estimate of drug-likeness (QED) is 0.768. The SMILES string of the molecule is Cc1cc(F)ccc1-c1nccnc1N1CCN(C(C)c2cn[nH]c2)CC1. The Hall–Kier alpha value is -2.80. The van der Waals surface area contributed by atoms with Crippen molar-refractivity contribution in [2.75, 3.05) is 31.1 Å². The summed E-state index contributed by atoms with van der Waals surface area (Å²) in [5.74, 6) is 0.631. The smallest absolute Gasteiger partial charge is 0.155 e. The van der Waals surface area contributed by atoms with Crippen LogP contribution in [0.2, 0.25) is 0 Å². The van der Waals surface area contributed by atoms with E-state index in [1.807, 2.05) is 19.3 Å². The lowest BCUT2D eigenvalue weighted by Gasteiger charge is -2.38. The minimum absolute atomic E-state index is 0.233. The van der Waals surface area contributed by atoms with Crippen LogP contribution in [0.4, 0.5) is 10.2 Å². The van der Waals surface area contributed by atoms with Gasteiger partial charge in [0.15, 0.2) is 5.82 Å². The van der Waals surface area contributed by atoms with E-state index in [1.165, 1.54) is 11.6 Å². The van der Waals surface area contributed by atoms with Gasteiger partial charge in [-0.2, -0.15) is 5.10 Å². The van der Waals surface area contributed by atoms with Crippen molar-refractivity contribution < 1.29 is 4.39 Å². The molecule has 0 aliphatic carbocycles. The molecule has 1 atom stereocenters. The summed E-state index contributed by atoms with van der Waals surface area (Å²) in [6.07, 6.45) is 7.25. The van der Waals surface area contributed by atoms with Gasteiger partial charge in [0.05, 0.1) is 6.20 Å². The Morgan fingerprint density at radius 1 is 1.11 bits per heavy atom. The highest BCUT2D eigenvalue weighted by Gasteiger charge is 2.25. The van der Waals surface area contributed by atoms with E-state index in [2.05, 4.69) is 36.9 Å². The highest BCUT2D eigenvalue weighted by atomic mass is 19.1. The van der Waals surface area contributed by atoms with Crippen molar-refractivity contribution in [1.29, 1.82) is 0 Å². The predicted molar refractivity (Wildman–Crippen MR) is 103 cm³/mol. The highest BCUT2D eigenvalue weighted by Crippen LogP contribution is 2.31. The van der Waals surface area contributed by atoms with Crippen LogP contribution in [0.5, 0.6) is 0 Å². The zero-order chi connectivity index (χ0) is 18.8. The van der Waals surface area contributed by atoms with Gasteiger partial charge in [0.1, 0.15) is 11.5 Å². The number of anilines is 1. The van der Waals surface area contributed by atoms with Crippen molar-refractivity contribution in [3.63, 3.8) is 0 Å². The molecule has 0 radical (unpaired) electrons. The van der Waals surface area contributed by atoms with E-state index in [9.17, 15) is 4.39 Å². The van der Waals surface area contributed by atoms with Crippen LogP contribution in [0.3, 0.4) is 0 Å². The first kappa shape index (κ1) is 17.6. The van der Waals surface area contributed by atoms with Crippen LogP contribution in [0.25, 0.3) is 11.3 Å². The standard InChI is InChI=1S/C20H23FN6/c1-14-11-17(21)3-4-18(14)19-20(23-6-5-22-19)27-9-7-26(8-10-27)15(2)16-12-24-25-13-16/h3-6,11-13,15H,7-10H2,1-2H3,(H,24,25). The van der Waals surface area contributed by atoms with Crippen molar-refractivity contribution in [2.24, 2.45) is 0 Å². The maximum absolute atomic E-state index is 13.5. The zero-order valence-electron chi connectivity index (χ0n) is 15.6. The lowest BCUT2D eigenvalue weighted by Crippen LogP contribution is -2.47. The summed E-state index contributed by atoms with van der Waals surface area (Å²) in [6, 6.07) is 5.13. The summed E-state index contributed by atoms with van der Waals surface area (Å²) < 4.78 is 13.5. The first-order valence-corrected chi connectivity index (χ1v) is 9.18. The highest BCUT2D eigenvalue weighted by molar-refractivity contribution is 5.74. The van der Waals surface area contributed by atoms with Crippen molar-refractivity contribution in [2.45, 2.75) is 19.9 Å². The number of nitrogens with zero attached hydrogens (tertiary/aromatic N) is 5. The molecule has 3 aromatic rings. The summed E-state index contributed by atoms with van der Waals surface area (Å²) in [7, 11) is 0. The van der Waals surface area contributed by atoms with Gasteiger partial charge in [-0.25, -0.2) is 9.37 Å². The molecule has 1 unspecified atom stereocenters. The molecule has 4 rings (SSSR count). The van der Waals surface area contributed by atoms with E-state index >= 15 is 0 Å². The van der Waals surface area contributed by atoms with E-state index < -0.39 is 0 Å². The molecule has 7 heteroatoms. The van der Waals surface area contributed by atoms with Gasteiger partial charge < -0.3 is 4.90 Å². The number of halogens is 1. The molecule has 3 heterocycles. The summed E-state index contributed by atoms with van der Waals surface area (Å²) in [6.45, 7) is 7.72. The van der Waals surface area contributed by atoms with Crippen molar-refractivity contribution in [1.82, 2.24) is 25.1 Å². The molecule has 0 spiro atoms. The van der Waals surface area contributed by atoms with Gasteiger partial charge in [-0.3, -0.25) is 15.0 Å². The normalized spacial score (nSPS) is 16.5. The number of piperazine rings is 1. The minimum Gasteiger partial charge on any atom is -0.352 e. The molecule has 1 saturated heterocycles. The molecule has 1 fully saturated rings. The molecule has 2 aromatic heterocycles. The van der Waals surface area contributed by atoms with Crippen LogP contribution in [-0.4, -0.2) is 51.2 Å². The van der Waals surface area contributed by atoms with Crippen LogP contribution in [-0.2, 0) is 0 Å². The van der Waals surface area contributed by atoms with E-state index in [1.54, 1.807) is 24.5 Å². The van der Waals surface area contributed by atoms with Crippen molar-refractivity contribution in [3.05, 3.63) is 59.9 Å². The largest absolute Gasteiger partial charge is 0.352 e. The lowest BCUT2D eigenvalue weighted by molar-refractivity contribution is 0.198. The molecule has 27 heavy (non-hydrogen) atoms. The number of aromatic amines is 1. The monoisotopic (exact) mass is 366 g/mol. The Morgan fingerprint density at radius 2 is 1.89 bits per heavy atom. The minimum atomic E-state index is -0.233. The fourth-order valence-electron chi connectivity index (χ4n) is 3.67. The van der Waals surface area contributed by atoms with Gasteiger partial charge in [-0.15, -0.1) is 0 Å². The Balaban J connectivity index is 1.54. The molecule has 1 aliphatic heterocycles. The second kappa shape index (κ2) is 7.44. The third kappa shape index (κ3) is 3.55. The topological polar surface area (TPSA) is 60.9 Å². The zero-order valence-corrected chi connectivity index (χ0v) is 15.6. The lowest BCUT2D eigenvalue weighted by atomic mass is 10.0. The number of hydrogen-bond acceptors (Lipinski definition) is 5. The first-order valence-electron chi connectivity index (χ1n) is 9.18. The summed E-state index contributed by atoms with van der Waals surface area (Å²) >= 11 is 0. The maximum Gasteiger partial charge on any atom is 0.155 e. The van der Waals surface area contributed by atoms with E-state index in [0.29, 0.717) is 6.04 Å². The molecule has 6 nitrogen and oxygen atoms in total. The number of nitrogens with one attached hydrogen (secondary N) is 1. The molecule has 140 valence electrons. The third-order valence-corrected chi connectivity index (χ3v) is 5.29. The van der Waals surface area contributed by atoms with E-state index in [0.717, 1.165) is 48.8 Å². The number of aromatic nitrogens is 4. The van der Waals surface area contributed by atoms with E-state index in [4.69, 9.17) is 0 Å². The molecule has 1 aliphatic rings. The predicted octanol–water partition coefficient (Wildman–Crippen LogP) is 3.20. The molecule has 0 bridgehead atoms. The van der Waals surface area contributed by atoms with Crippen molar-refractivity contribution >= 4 is 5.82 Å². The third-order valence-electron chi connectivity index (χ3n) is 5.29.